The number of ether oxygens (including phenoxy) is 1. The van der Waals surface area contributed by atoms with Gasteiger partial charge >= 0.3 is 5.97 Å². The summed E-state index contributed by atoms with van der Waals surface area (Å²) in [7, 11) is 0. The zero-order valence-corrected chi connectivity index (χ0v) is 10.5. The summed E-state index contributed by atoms with van der Waals surface area (Å²) in [6.45, 7) is 5.41. The molecule has 0 unspecified atom stereocenters. The number of carbonyl (C=O) groups excluding carboxylic acids is 1. The minimum Gasteiger partial charge on any atom is -0.455 e. The fourth-order valence-corrected chi connectivity index (χ4v) is 1.82. The Kier molecular flexibility index (Phi) is 2.93. The van der Waals surface area contributed by atoms with E-state index in [4.69, 9.17) is 4.74 Å². The van der Waals surface area contributed by atoms with Crippen LogP contribution in [0.2, 0.25) is 0 Å². The first-order valence-electron chi connectivity index (χ1n) is 5.00. The maximum absolute atomic E-state index is 11.9. The second-order valence-electron chi connectivity index (χ2n) is 4.39. The van der Waals surface area contributed by atoms with Crippen LogP contribution in [0.5, 0.6) is 0 Å². The topological polar surface area (TPSA) is 80.8 Å². The Hall–Kier alpha value is -1.76. The summed E-state index contributed by atoms with van der Waals surface area (Å²) < 4.78 is 5.24. The molecule has 0 bridgehead atoms. The van der Waals surface area contributed by atoms with Crippen LogP contribution in [0.1, 0.15) is 31.3 Å². The summed E-state index contributed by atoms with van der Waals surface area (Å²) >= 11 is 1.39. The Morgan fingerprint density at radius 2 is 2.18 bits per heavy atom. The standard InChI is InChI=1S/C10H12N4O2S/c1-10(2,3)16-9(15)8-7(12-14-13-8)6-4-11-5-17-6/h4-5H,1-3H3,(H,12,13,14). The third-order valence-electron chi connectivity index (χ3n) is 1.81. The Bertz CT molecular complexity index is 513. The fourth-order valence-electron chi connectivity index (χ4n) is 1.20. The second-order valence-corrected chi connectivity index (χ2v) is 5.27. The van der Waals surface area contributed by atoms with E-state index in [2.05, 4.69) is 20.4 Å². The van der Waals surface area contributed by atoms with E-state index in [-0.39, 0.29) is 5.69 Å². The molecule has 2 heterocycles. The van der Waals surface area contributed by atoms with Crippen molar-refractivity contribution in [3.63, 3.8) is 0 Å². The molecule has 7 heteroatoms. The van der Waals surface area contributed by atoms with Gasteiger partial charge in [-0.05, 0) is 20.8 Å². The van der Waals surface area contributed by atoms with Gasteiger partial charge in [-0.2, -0.15) is 10.3 Å². The highest BCUT2D eigenvalue weighted by Gasteiger charge is 2.24. The van der Waals surface area contributed by atoms with E-state index < -0.39 is 11.6 Å². The van der Waals surface area contributed by atoms with Crippen molar-refractivity contribution in [2.75, 3.05) is 0 Å². The zero-order valence-electron chi connectivity index (χ0n) is 9.72. The molecule has 1 N–H and O–H groups in total. The lowest BCUT2D eigenvalue weighted by molar-refractivity contribution is 0.00638. The van der Waals surface area contributed by atoms with Crippen molar-refractivity contribution in [1.82, 2.24) is 20.4 Å². The van der Waals surface area contributed by atoms with Gasteiger partial charge in [0.25, 0.3) is 0 Å². The van der Waals surface area contributed by atoms with Crippen LogP contribution in [0.3, 0.4) is 0 Å². The van der Waals surface area contributed by atoms with Gasteiger partial charge in [0.2, 0.25) is 0 Å². The van der Waals surface area contributed by atoms with Crippen LogP contribution in [0.15, 0.2) is 11.7 Å². The molecule has 2 aromatic rings. The Morgan fingerprint density at radius 3 is 2.76 bits per heavy atom. The van der Waals surface area contributed by atoms with Crippen molar-refractivity contribution in [3.05, 3.63) is 17.4 Å². The molecular weight excluding hydrogens is 240 g/mol. The maximum Gasteiger partial charge on any atom is 0.361 e. The molecule has 2 aromatic heterocycles. The minimum atomic E-state index is -0.555. The number of nitrogens with zero attached hydrogens (tertiary/aromatic N) is 3. The predicted molar refractivity (Wildman–Crippen MR) is 62.7 cm³/mol. The molecule has 0 aliphatic heterocycles. The predicted octanol–water partition coefficient (Wildman–Crippen LogP) is 1.88. The third-order valence-corrected chi connectivity index (χ3v) is 2.59. The van der Waals surface area contributed by atoms with E-state index in [9.17, 15) is 4.79 Å². The molecule has 0 spiro atoms. The van der Waals surface area contributed by atoms with Gasteiger partial charge in [0.1, 0.15) is 11.3 Å². The molecule has 0 radical (unpaired) electrons. The molecule has 90 valence electrons. The number of carbonyl (C=O) groups is 1. The number of aromatic amines is 1. The average Bonchev–Trinajstić information content (AvgIpc) is 2.85. The number of rotatable bonds is 2. The molecule has 0 fully saturated rings. The first-order valence-corrected chi connectivity index (χ1v) is 5.88. The van der Waals surface area contributed by atoms with Crippen LogP contribution < -0.4 is 0 Å². The van der Waals surface area contributed by atoms with E-state index in [0.29, 0.717) is 5.69 Å². The number of hydrogen-bond acceptors (Lipinski definition) is 6. The van der Waals surface area contributed by atoms with Gasteiger partial charge in [-0.25, -0.2) is 4.79 Å². The summed E-state index contributed by atoms with van der Waals surface area (Å²) in [6, 6.07) is 0. The second kappa shape index (κ2) is 4.25. The Balaban J connectivity index is 2.29. The van der Waals surface area contributed by atoms with Crippen molar-refractivity contribution in [2.24, 2.45) is 0 Å². The molecule has 0 amide bonds. The SMILES string of the molecule is CC(C)(C)OC(=O)c1n[nH]nc1-c1cncs1. The Labute approximate surface area is 102 Å². The molecule has 0 aliphatic carbocycles. The highest BCUT2D eigenvalue weighted by atomic mass is 32.1. The van der Waals surface area contributed by atoms with Crippen molar-refractivity contribution in [3.8, 4) is 10.6 Å². The summed E-state index contributed by atoms with van der Waals surface area (Å²) in [6.07, 6.45) is 1.64. The quantitative estimate of drug-likeness (QED) is 0.825. The molecule has 6 nitrogen and oxygen atoms in total. The van der Waals surface area contributed by atoms with Crippen molar-refractivity contribution < 1.29 is 9.53 Å². The van der Waals surface area contributed by atoms with E-state index in [1.807, 2.05) is 0 Å². The zero-order chi connectivity index (χ0) is 12.5. The van der Waals surface area contributed by atoms with Crippen LogP contribution >= 0.6 is 11.3 Å². The van der Waals surface area contributed by atoms with Crippen molar-refractivity contribution >= 4 is 17.3 Å². The van der Waals surface area contributed by atoms with E-state index in [1.54, 1.807) is 32.5 Å². The molecule has 0 aliphatic rings. The summed E-state index contributed by atoms with van der Waals surface area (Å²) in [5, 5.41) is 10.2. The van der Waals surface area contributed by atoms with Crippen LogP contribution in [0.4, 0.5) is 0 Å². The van der Waals surface area contributed by atoms with E-state index >= 15 is 0 Å². The highest BCUT2D eigenvalue weighted by molar-refractivity contribution is 7.13. The maximum atomic E-state index is 11.9. The number of nitrogens with one attached hydrogen (secondary N) is 1. The normalized spacial score (nSPS) is 11.5. The lowest BCUT2D eigenvalue weighted by Crippen LogP contribution is -2.24. The summed E-state index contributed by atoms with van der Waals surface area (Å²) in [4.78, 5) is 16.6. The van der Waals surface area contributed by atoms with Gasteiger partial charge < -0.3 is 4.74 Å². The smallest absolute Gasteiger partial charge is 0.361 e. The summed E-state index contributed by atoms with van der Waals surface area (Å²) in [5.41, 5.74) is 1.77. The molecule has 0 saturated carbocycles. The first-order chi connectivity index (χ1) is 7.97. The highest BCUT2D eigenvalue weighted by Crippen LogP contribution is 2.24. The lowest BCUT2D eigenvalue weighted by atomic mass is 10.2. The van der Waals surface area contributed by atoms with Crippen LogP contribution in [0.25, 0.3) is 10.6 Å². The molecule has 2 rings (SSSR count). The van der Waals surface area contributed by atoms with Gasteiger partial charge in [0, 0.05) is 6.20 Å². The van der Waals surface area contributed by atoms with Crippen molar-refractivity contribution in [1.29, 1.82) is 0 Å². The number of hydrogen-bond donors (Lipinski definition) is 1. The average molecular weight is 252 g/mol. The number of esters is 1. The van der Waals surface area contributed by atoms with Crippen molar-refractivity contribution in [2.45, 2.75) is 26.4 Å². The van der Waals surface area contributed by atoms with Crippen LogP contribution in [0, 0.1) is 0 Å². The van der Waals surface area contributed by atoms with Gasteiger partial charge in [-0.15, -0.1) is 16.4 Å². The number of H-pyrrole nitrogens is 1. The van der Waals surface area contributed by atoms with E-state index in [1.165, 1.54) is 11.3 Å². The third kappa shape index (κ3) is 2.68. The van der Waals surface area contributed by atoms with Crippen LogP contribution in [-0.4, -0.2) is 32.0 Å². The molecule has 0 saturated heterocycles. The number of thiazole rings is 1. The van der Waals surface area contributed by atoms with Gasteiger partial charge in [0.15, 0.2) is 5.69 Å². The van der Waals surface area contributed by atoms with Gasteiger partial charge in [0.05, 0.1) is 10.4 Å². The molecule has 0 atom stereocenters. The summed E-state index contributed by atoms with van der Waals surface area (Å²) in [5.74, 6) is -0.491. The molecule has 17 heavy (non-hydrogen) atoms. The fraction of sp³-hybridized carbons (Fsp3) is 0.400. The first kappa shape index (κ1) is 11.7. The van der Waals surface area contributed by atoms with Crippen LogP contribution in [-0.2, 0) is 4.74 Å². The lowest BCUT2D eigenvalue weighted by Gasteiger charge is -2.18. The number of aromatic nitrogens is 4. The molecular formula is C10H12N4O2S. The van der Waals surface area contributed by atoms with E-state index in [0.717, 1.165) is 4.88 Å². The monoisotopic (exact) mass is 252 g/mol. The largest absolute Gasteiger partial charge is 0.455 e. The van der Waals surface area contributed by atoms with Gasteiger partial charge in [-0.3, -0.25) is 4.98 Å². The minimum absolute atomic E-state index is 0.184. The molecule has 0 aromatic carbocycles. The Morgan fingerprint density at radius 1 is 1.41 bits per heavy atom. The van der Waals surface area contributed by atoms with Gasteiger partial charge in [-0.1, -0.05) is 0 Å².